The van der Waals surface area contributed by atoms with Gasteiger partial charge >= 0.3 is 30.0 Å². The molecule has 0 bridgehead atoms. The Morgan fingerprint density at radius 2 is 0.943 bits per heavy atom. The van der Waals surface area contributed by atoms with E-state index in [0.717, 1.165) is 25.7 Å². The molecule has 0 aliphatic carbocycles. The van der Waals surface area contributed by atoms with Crippen molar-refractivity contribution < 1.29 is 49.8 Å². The van der Waals surface area contributed by atoms with Gasteiger partial charge in [0.2, 0.25) is 0 Å². The average molecular weight is 525 g/mol. The van der Waals surface area contributed by atoms with Gasteiger partial charge in [0.15, 0.2) is 6.61 Å². The minimum absolute atomic E-state index is 0.113. The number of halogens is 7. The third-order valence-electron chi connectivity index (χ3n) is 5.52. The summed E-state index contributed by atoms with van der Waals surface area (Å²) in [6.07, 6.45) is 8.48. The van der Waals surface area contributed by atoms with Gasteiger partial charge in [-0.05, 0) is 6.42 Å². The van der Waals surface area contributed by atoms with Crippen LogP contribution < -0.4 is 0 Å². The van der Waals surface area contributed by atoms with Gasteiger partial charge in [0.05, 0.1) is 19.4 Å². The Hall–Kier alpha value is -1.55. The zero-order valence-corrected chi connectivity index (χ0v) is 20.5. The Bertz CT molecular complexity index is 581. The summed E-state index contributed by atoms with van der Waals surface area (Å²) in [5, 5.41) is 0. The number of alkyl halides is 7. The second-order valence-corrected chi connectivity index (χ2v) is 8.75. The van der Waals surface area contributed by atoms with E-state index in [1.165, 1.54) is 57.8 Å². The van der Waals surface area contributed by atoms with Crippen LogP contribution in [0.5, 0.6) is 0 Å². The lowest BCUT2D eigenvalue weighted by Gasteiger charge is -2.27. The molecule has 0 radical (unpaired) electrons. The molecule has 0 atom stereocenters. The van der Waals surface area contributed by atoms with E-state index in [0.29, 0.717) is 6.42 Å². The van der Waals surface area contributed by atoms with Gasteiger partial charge in [-0.1, -0.05) is 90.4 Å². The summed E-state index contributed by atoms with van der Waals surface area (Å²) >= 11 is 0. The van der Waals surface area contributed by atoms with E-state index in [2.05, 4.69) is 11.7 Å². The van der Waals surface area contributed by atoms with Crippen molar-refractivity contribution in [3.05, 3.63) is 0 Å². The molecule has 0 aromatic carbocycles. The maximum absolute atomic E-state index is 13.1. The van der Waals surface area contributed by atoms with Crippen molar-refractivity contribution in [2.24, 2.45) is 0 Å². The first-order chi connectivity index (χ1) is 16.3. The van der Waals surface area contributed by atoms with E-state index in [4.69, 9.17) is 4.74 Å². The molecule has 208 valence electrons. The van der Waals surface area contributed by atoms with Crippen molar-refractivity contribution in [1.29, 1.82) is 0 Å². The molecule has 0 aromatic rings. The molecule has 35 heavy (non-hydrogen) atoms. The maximum atomic E-state index is 13.1. The smallest absolute Gasteiger partial charge is 0.460 e. The summed E-state index contributed by atoms with van der Waals surface area (Å²) in [5.74, 6) is -14.3. The van der Waals surface area contributed by atoms with Gasteiger partial charge in [-0.15, -0.1) is 0 Å². The minimum Gasteiger partial charge on any atom is -0.466 e. The van der Waals surface area contributed by atoms with Gasteiger partial charge in [0.25, 0.3) is 0 Å². The van der Waals surface area contributed by atoms with Crippen LogP contribution in [0.4, 0.5) is 30.7 Å². The first-order valence-electron chi connectivity index (χ1n) is 12.5. The maximum Gasteiger partial charge on any atom is 0.460 e. The summed E-state index contributed by atoms with van der Waals surface area (Å²) in [6, 6.07) is 0. The van der Waals surface area contributed by atoms with E-state index < -0.39 is 49.4 Å². The molecule has 0 amide bonds. The fraction of sp³-hybridized carbons (Fsp3) is 0.917. The zero-order valence-electron chi connectivity index (χ0n) is 20.5. The molecule has 4 nitrogen and oxygen atoms in total. The summed E-state index contributed by atoms with van der Waals surface area (Å²) in [7, 11) is 0. The van der Waals surface area contributed by atoms with Crippen LogP contribution in [0.15, 0.2) is 0 Å². The van der Waals surface area contributed by atoms with Crippen molar-refractivity contribution in [1.82, 2.24) is 0 Å². The normalized spacial score (nSPS) is 12.6. The summed E-state index contributed by atoms with van der Waals surface area (Å²) in [4.78, 5) is 22.8. The monoisotopic (exact) mass is 524 g/mol. The van der Waals surface area contributed by atoms with E-state index in [9.17, 15) is 40.3 Å². The number of rotatable bonds is 21. The summed E-state index contributed by atoms with van der Waals surface area (Å²) < 4.78 is 96.2. The number of unbranched alkanes of at least 4 members (excludes halogenated alkanes) is 13. The quantitative estimate of drug-likeness (QED) is 0.0863. The molecule has 0 heterocycles. The van der Waals surface area contributed by atoms with Gasteiger partial charge in [0, 0.05) is 0 Å². The Balaban J connectivity index is 3.68. The predicted molar refractivity (Wildman–Crippen MR) is 117 cm³/mol. The van der Waals surface area contributed by atoms with E-state index in [1.54, 1.807) is 0 Å². The Morgan fingerprint density at radius 1 is 0.571 bits per heavy atom. The van der Waals surface area contributed by atoms with Crippen LogP contribution in [0.3, 0.4) is 0 Å². The number of ether oxygens (including phenoxy) is 2. The third kappa shape index (κ3) is 15.2. The zero-order chi connectivity index (χ0) is 26.8. The molecule has 0 N–H and O–H groups in total. The lowest BCUT2D eigenvalue weighted by molar-refractivity contribution is -0.359. The van der Waals surface area contributed by atoms with Crippen LogP contribution in [0.1, 0.15) is 110 Å². The molecule has 0 aliphatic rings. The first-order valence-corrected chi connectivity index (χ1v) is 12.5. The molecular formula is C24H39F7O4. The number of hydrogen-bond donors (Lipinski definition) is 0. The Kier molecular flexibility index (Phi) is 17.0. The number of carbonyl (C=O) groups excluding carboxylic acids is 2. The molecule has 0 fully saturated rings. The van der Waals surface area contributed by atoms with Crippen LogP contribution >= 0.6 is 0 Å². The number of esters is 2. The van der Waals surface area contributed by atoms with Crippen LogP contribution in [0, 0.1) is 0 Å². The van der Waals surface area contributed by atoms with Crippen LogP contribution in [0.2, 0.25) is 0 Å². The molecule has 0 unspecified atom stereocenters. The van der Waals surface area contributed by atoms with Crippen molar-refractivity contribution in [2.45, 2.75) is 128 Å². The first kappa shape index (κ1) is 33.4. The topological polar surface area (TPSA) is 52.6 Å². The highest BCUT2D eigenvalue weighted by Crippen LogP contribution is 2.46. The van der Waals surface area contributed by atoms with E-state index in [1.807, 2.05) is 0 Å². The second kappa shape index (κ2) is 17.8. The van der Waals surface area contributed by atoms with Crippen molar-refractivity contribution >= 4 is 11.9 Å². The fourth-order valence-electron chi connectivity index (χ4n) is 3.30. The van der Waals surface area contributed by atoms with Crippen LogP contribution in [-0.4, -0.2) is 43.2 Å². The minimum atomic E-state index is -6.50. The molecule has 0 saturated heterocycles. The van der Waals surface area contributed by atoms with Gasteiger partial charge in [-0.3, -0.25) is 9.59 Å². The Morgan fingerprint density at radius 3 is 1.34 bits per heavy atom. The average Bonchev–Trinajstić information content (AvgIpc) is 2.78. The summed E-state index contributed by atoms with van der Waals surface area (Å²) in [6.45, 7) is -0.132. The van der Waals surface area contributed by atoms with Gasteiger partial charge in [-0.25, -0.2) is 0 Å². The summed E-state index contributed by atoms with van der Waals surface area (Å²) in [5.41, 5.74) is 0. The van der Waals surface area contributed by atoms with Crippen molar-refractivity contribution in [3.8, 4) is 0 Å². The molecule has 11 heteroatoms. The highest BCUT2D eigenvalue weighted by atomic mass is 19.4. The number of hydrogen-bond acceptors (Lipinski definition) is 4. The highest BCUT2D eigenvalue weighted by molar-refractivity contribution is 5.77. The molecule has 0 rings (SSSR count). The lowest BCUT2D eigenvalue weighted by atomic mass is 10.0. The second-order valence-electron chi connectivity index (χ2n) is 8.75. The number of carbonyl (C=O) groups is 2. The molecule has 0 saturated carbocycles. The highest BCUT2D eigenvalue weighted by Gasteiger charge is 2.73. The largest absolute Gasteiger partial charge is 0.466 e. The van der Waals surface area contributed by atoms with E-state index >= 15 is 0 Å². The van der Waals surface area contributed by atoms with Crippen molar-refractivity contribution in [3.63, 3.8) is 0 Å². The van der Waals surface area contributed by atoms with Crippen molar-refractivity contribution in [2.75, 3.05) is 13.2 Å². The molecule has 0 aliphatic heterocycles. The molecule has 0 aromatic heterocycles. The Labute approximate surface area is 203 Å². The van der Waals surface area contributed by atoms with Gasteiger partial charge < -0.3 is 9.47 Å². The predicted octanol–water partition coefficient (Wildman–Crippen LogP) is 8.17. The molecule has 0 spiro atoms. The SMILES string of the molecule is CCCCCCCCCCCCCCCCOC(=O)CCC(=O)OCC(F)(F)C(F)(F)C(F)(F)F. The molecular weight excluding hydrogens is 485 g/mol. The van der Waals surface area contributed by atoms with Gasteiger partial charge in [-0.2, -0.15) is 30.7 Å². The van der Waals surface area contributed by atoms with E-state index in [-0.39, 0.29) is 6.61 Å². The lowest BCUT2D eigenvalue weighted by Crippen LogP contribution is -2.54. The fourth-order valence-corrected chi connectivity index (χ4v) is 3.30. The van der Waals surface area contributed by atoms with Crippen LogP contribution in [-0.2, 0) is 19.1 Å². The van der Waals surface area contributed by atoms with Gasteiger partial charge in [0.1, 0.15) is 0 Å². The standard InChI is InChI=1S/C24H39F7O4/c1-2-3-4-5-6-7-8-9-10-11-12-13-14-15-18-34-20(32)16-17-21(33)35-19-22(25,26)23(27,28)24(29,30)31/h2-19H2,1H3. The third-order valence-corrected chi connectivity index (χ3v) is 5.52. The van der Waals surface area contributed by atoms with Crippen LogP contribution in [0.25, 0.3) is 0 Å².